The van der Waals surface area contributed by atoms with E-state index in [1.165, 1.54) is 40.6 Å². The maximum absolute atomic E-state index is 13.7. The predicted molar refractivity (Wildman–Crippen MR) is 155 cm³/mol. The monoisotopic (exact) mass is 562 g/mol. The Morgan fingerprint density at radius 3 is 2.41 bits per heavy atom. The van der Waals surface area contributed by atoms with Gasteiger partial charge in [0.05, 0.1) is 28.4 Å². The molecule has 4 aromatic rings. The number of hydrogen-bond acceptors (Lipinski definition) is 7. The lowest BCUT2D eigenvalue weighted by atomic mass is 9.94. The number of aromatic nitrogens is 1. The Kier molecular flexibility index (Phi) is 7.79. The molecule has 10 heteroatoms. The van der Waals surface area contributed by atoms with Gasteiger partial charge in [0.15, 0.2) is 0 Å². The molecule has 0 saturated carbocycles. The number of hydrogen-bond donors (Lipinski definition) is 0. The summed E-state index contributed by atoms with van der Waals surface area (Å²) in [7, 11) is -2.06. The van der Waals surface area contributed by atoms with Crippen molar-refractivity contribution in [2.45, 2.75) is 25.2 Å². The van der Waals surface area contributed by atoms with Gasteiger partial charge in [0.2, 0.25) is 15.2 Å². The van der Waals surface area contributed by atoms with E-state index in [4.69, 9.17) is 4.74 Å². The van der Waals surface area contributed by atoms with E-state index in [2.05, 4.69) is 23.9 Å². The molecule has 5 rings (SSSR count). The van der Waals surface area contributed by atoms with E-state index in [9.17, 15) is 13.2 Å². The van der Waals surface area contributed by atoms with Crippen LogP contribution in [0.5, 0.6) is 5.75 Å². The standard InChI is InChI=1S/C29H30N4O4S2/c1-20-15-21(2)19-32(18-20)39(35,36)25-12-9-23(10-13-25)28(34)33(30-17-22-7-5-4-6-8-22)29-31-26-14-11-24(37-3)16-27(26)38-29/h4-14,16-17,20-21H,15,18-19H2,1-3H3/b30-17+. The number of nitrogens with zero attached hydrogens (tertiary/aromatic N) is 4. The summed E-state index contributed by atoms with van der Waals surface area (Å²) in [5.41, 5.74) is 1.84. The Labute approximate surface area is 232 Å². The van der Waals surface area contributed by atoms with Gasteiger partial charge in [0.1, 0.15) is 5.75 Å². The molecule has 8 nitrogen and oxygen atoms in total. The zero-order valence-corrected chi connectivity index (χ0v) is 23.7. The number of methoxy groups -OCH3 is 1. The van der Waals surface area contributed by atoms with Gasteiger partial charge in [-0.2, -0.15) is 14.4 Å². The van der Waals surface area contributed by atoms with Crippen molar-refractivity contribution in [1.82, 2.24) is 9.29 Å². The first-order chi connectivity index (χ1) is 18.7. The summed E-state index contributed by atoms with van der Waals surface area (Å²) in [6.07, 6.45) is 2.61. The van der Waals surface area contributed by atoms with Crippen LogP contribution in [0.15, 0.2) is 82.8 Å². The summed E-state index contributed by atoms with van der Waals surface area (Å²) in [5, 5.41) is 6.13. The molecule has 1 aliphatic heterocycles. The smallest absolute Gasteiger partial charge is 0.280 e. The Bertz CT molecular complexity index is 1590. The molecule has 1 fully saturated rings. The van der Waals surface area contributed by atoms with Crippen molar-refractivity contribution in [1.29, 1.82) is 0 Å². The maximum Gasteiger partial charge on any atom is 0.280 e. The average molecular weight is 563 g/mol. The summed E-state index contributed by atoms with van der Waals surface area (Å²) >= 11 is 1.32. The number of benzene rings is 3. The molecule has 0 radical (unpaired) electrons. The van der Waals surface area contributed by atoms with Gasteiger partial charge in [0, 0.05) is 18.7 Å². The van der Waals surface area contributed by atoms with Gasteiger partial charge < -0.3 is 4.74 Å². The molecule has 1 saturated heterocycles. The van der Waals surface area contributed by atoms with Gasteiger partial charge in [-0.25, -0.2) is 13.4 Å². The van der Waals surface area contributed by atoms with Crippen molar-refractivity contribution in [2.75, 3.05) is 25.2 Å². The van der Waals surface area contributed by atoms with E-state index >= 15 is 0 Å². The highest BCUT2D eigenvalue weighted by Crippen LogP contribution is 2.33. The molecule has 2 unspecified atom stereocenters. The lowest BCUT2D eigenvalue weighted by Gasteiger charge is -2.34. The number of piperidine rings is 1. The molecule has 202 valence electrons. The minimum Gasteiger partial charge on any atom is -0.497 e. The Morgan fingerprint density at radius 1 is 1.05 bits per heavy atom. The summed E-state index contributed by atoms with van der Waals surface area (Å²) < 4.78 is 34.4. The van der Waals surface area contributed by atoms with Gasteiger partial charge >= 0.3 is 0 Å². The van der Waals surface area contributed by atoms with Gasteiger partial charge in [-0.1, -0.05) is 55.5 Å². The van der Waals surface area contributed by atoms with Crippen LogP contribution in [0.2, 0.25) is 0 Å². The first-order valence-corrected chi connectivity index (χ1v) is 15.0. The van der Waals surface area contributed by atoms with Crippen LogP contribution < -0.4 is 9.75 Å². The summed E-state index contributed by atoms with van der Waals surface area (Å²) in [5.74, 6) is 0.874. The Balaban J connectivity index is 1.46. The van der Waals surface area contributed by atoms with E-state index < -0.39 is 15.9 Å². The number of thiazole rings is 1. The predicted octanol–water partition coefficient (Wildman–Crippen LogP) is 5.65. The molecule has 0 bridgehead atoms. The van der Waals surface area contributed by atoms with E-state index in [-0.39, 0.29) is 4.90 Å². The van der Waals surface area contributed by atoms with E-state index in [1.54, 1.807) is 17.6 Å². The number of carbonyl (C=O) groups is 1. The van der Waals surface area contributed by atoms with Crippen molar-refractivity contribution >= 4 is 48.8 Å². The van der Waals surface area contributed by atoms with E-state index in [0.29, 0.717) is 41.4 Å². The fourth-order valence-corrected chi connectivity index (χ4v) is 7.44. The first-order valence-electron chi connectivity index (χ1n) is 12.7. The molecule has 3 aromatic carbocycles. The molecule has 2 atom stereocenters. The largest absolute Gasteiger partial charge is 0.497 e. The van der Waals surface area contributed by atoms with Gasteiger partial charge in [0.25, 0.3) is 5.91 Å². The Hall–Kier alpha value is -3.60. The van der Waals surface area contributed by atoms with Crippen molar-refractivity contribution < 1.29 is 17.9 Å². The summed E-state index contributed by atoms with van der Waals surface area (Å²) in [4.78, 5) is 18.5. The Morgan fingerprint density at radius 2 is 1.74 bits per heavy atom. The highest BCUT2D eigenvalue weighted by Gasteiger charge is 2.32. The third-order valence-electron chi connectivity index (χ3n) is 6.65. The fraction of sp³-hybridized carbons (Fsp3) is 0.276. The van der Waals surface area contributed by atoms with Crippen molar-refractivity contribution in [3.05, 3.63) is 83.9 Å². The second-order valence-electron chi connectivity index (χ2n) is 9.89. The van der Waals surface area contributed by atoms with Crippen LogP contribution in [0, 0.1) is 11.8 Å². The molecule has 0 aliphatic carbocycles. The molecule has 1 aliphatic rings. The molecular weight excluding hydrogens is 532 g/mol. The van der Waals surface area contributed by atoms with E-state index in [0.717, 1.165) is 22.2 Å². The topological polar surface area (TPSA) is 92.2 Å². The number of ether oxygens (including phenoxy) is 1. The SMILES string of the molecule is COc1ccc2nc(N(/N=C/c3ccccc3)C(=O)c3ccc(S(=O)(=O)N4CC(C)CC(C)C4)cc3)sc2c1. The lowest BCUT2D eigenvalue weighted by Crippen LogP contribution is -2.42. The highest BCUT2D eigenvalue weighted by atomic mass is 32.2. The van der Waals surface area contributed by atoms with Gasteiger partial charge in [-0.05, 0) is 66.3 Å². The van der Waals surface area contributed by atoms with Crippen molar-refractivity contribution in [3.63, 3.8) is 0 Å². The lowest BCUT2D eigenvalue weighted by molar-refractivity contribution is 0.0987. The number of amides is 1. The molecular formula is C29H30N4O4S2. The average Bonchev–Trinajstić information content (AvgIpc) is 3.36. The summed E-state index contributed by atoms with van der Waals surface area (Å²) in [6.45, 7) is 5.14. The number of carbonyl (C=O) groups excluding carboxylic acids is 1. The van der Waals surface area contributed by atoms with Gasteiger partial charge in [-0.15, -0.1) is 0 Å². The van der Waals surface area contributed by atoms with Crippen LogP contribution >= 0.6 is 11.3 Å². The third kappa shape index (κ3) is 5.88. The van der Waals surface area contributed by atoms with E-state index in [1.807, 2.05) is 48.5 Å². The summed E-state index contributed by atoms with van der Waals surface area (Å²) in [6, 6.07) is 21.0. The molecule has 1 aromatic heterocycles. The van der Waals surface area contributed by atoms with Crippen LogP contribution in [0.3, 0.4) is 0 Å². The zero-order valence-electron chi connectivity index (χ0n) is 22.0. The molecule has 0 spiro atoms. The minimum atomic E-state index is -3.66. The zero-order chi connectivity index (χ0) is 27.6. The van der Waals surface area contributed by atoms with Gasteiger partial charge in [-0.3, -0.25) is 4.79 Å². The molecule has 0 N–H and O–H groups in total. The van der Waals surface area contributed by atoms with Crippen LogP contribution in [-0.2, 0) is 10.0 Å². The van der Waals surface area contributed by atoms with Crippen LogP contribution in [0.4, 0.5) is 5.13 Å². The molecule has 39 heavy (non-hydrogen) atoms. The normalized spacial score (nSPS) is 18.4. The quantitative estimate of drug-likeness (QED) is 0.214. The fourth-order valence-electron chi connectivity index (χ4n) is 4.81. The maximum atomic E-state index is 13.7. The van der Waals surface area contributed by atoms with Crippen LogP contribution in [0.25, 0.3) is 10.2 Å². The highest BCUT2D eigenvalue weighted by molar-refractivity contribution is 7.89. The molecule has 2 heterocycles. The second-order valence-corrected chi connectivity index (χ2v) is 12.8. The number of hydrazone groups is 1. The second kappa shape index (κ2) is 11.3. The van der Waals surface area contributed by atoms with Crippen molar-refractivity contribution in [3.8, 4) is 5.75 Å². The minimum absolute atomic E-state index is 0.173. The number of anilines is 1. The third-order valence-corrected chi connectivity index (χ3v) is 9.49. The number of rotatable bonds is 7. The van der Waals surface area contributed by atoms with Crippen molar-refractivity contribution in [2.24, 2.45) is 16.9 Å². The first kappa shape index (κ1) is 27.0. The van der Waals surface area contributed by atoms with Crippen LogP contribution in [-0.4, -0.2) is 50.0 Å². The number of sulfonamides is 1. The van der Waals surface area contributed by atoms with Crippen LogP contribution in [0.1, 0.15) is 36.2 Å². The number of fused-ring (bicyclic) bond motifs is 1. The molecule has 1 amide bonds.